The molecule has 86 valence electrons. The lowest BCUT2D eigenvalue weighted by atomic mass is 9.83. The monoisotopic (exact) mass is 220 g/mol. The normalized spacial score (nSPS) is 13.9. The number of benzene rings is 1. The van der Waals surface area contributed by atoms with Crippen LogP contribution in [0.4, 0.5) is 0 Å². The smallest absolute Gasteiger partial charge is 0.337 e. The van der Waals surface area contributed by atoms with E-state index in [0.29, 0.717) is 5.56 Å². The lowest BCUT2D eigenvalue weighted by Gasteiger charge is -2.23. The average Bonchev–Trinajstić information content (AvgIpc) is 2.37. The van der Waals surface area contributed by atoms with Gasteiger partial charge >= 0.3 is 5.97 Å². The van der Waals surface area contributed by atoms with Crippen molar-refractivity contribution >= 4 is 5.97 Å². The molecule has 3 nitrogen and oxygen atoms in total. The number of ether oxygens (including phenoxy) is 1. The highest BCUT2D eigenvalue weighted by Gasteiger charge is 2.21. The summed E-state index contributed by atoms with van der Waals surface area (Å²) in [6.07, 6.45) is 1.69. The third-order valence-corrected chi connectivity index (χ3v) is 2.74. The van der Waals surface area contributed by atoms with E-state index in [-0.39, 0.29) is 12.6 Å². The Kier molecular flexibility index (Phi) is 3.85. The van der Waals surface area contributed by atoms with Crippen molar-refractivity contribution in [1.29, 1.82) is 0 Å². The molecule has 0 fully saturated rings. The lowest BCUT2D eigenvalue weighted by molar-refractivity contribution is 0.0600. The van der Waals surface area contributed by atoms with Crippen LogP contribution in [0.5, 0.6) is 0 Å². The quantitative estimate of drug-likeness (QED) is 0.622. The minimum absolute atomic E-state index is 0.0198. The van der Waals surface area contributed by atoms with Crippen LogP contribution >= 0.6 is 0 Å². The molecule has 0 aromatic heterocycles. The van der Waals surface area contributed by atoms with Crippen LogP contribution < -0.4 is 0 Å². The number of carbonyl (C=O) groups excluding carboxylic acids is 1. The predicted molar refractivity (Wildman–Crippen MR) is 62.4 cm³/mol. The van der Waals surface area contributed by atoms with Crippen LogP contribution in [0.3, 0.4) is 0 Å². The second-order valence-corrected chi connectivity index (χ2v) is 3.85. The first-order valence-corrected chi connectivity index (χ1v) is 5.00. The molecule has 0 amide bonds. The van der Waals surface area contributed by atoms with Gasteiger partial charge in [0.1, 0.15) is 0 Å². The minimum atomic E-state index is -0.478. The number of aliphatic hydroxyl groups is 1. The zero-order chi connectivity index (χ0) is 12.2. The number of hydrogen-bond acceptors (Lipinski definition) is 3. The van der Waals surface area contributed by atoms with Gasteiger partial charge in [-0.1, -0.05) is 18.2 Å². The van der Waals surface area contributed by atoms with Crippen molar-refractivity contribution in [2.45, 2.75) is 12.3 Å². The Morgan fingerprint density at radius 3 is 2.44 bits per heavy atom. The Bertz CT molecular complexity index is 381. The molecule has 0 aliphatic rings. The molecule has 1 aromatic carbocycles. The summed E-state index contributed by atoms with van der Waals surface area (Å²) < 4.78 is 4.61. The largest absolute Gasteiger partial charge is 0.465 e. The summed E-state index contributed by atoms with van der Waals surface area (Å²) >= 11 is 0. The molecule has 16 heavy (non-hydrogen) atoms. The number of esters is 1. The van der Waals surface area contributed by atoms with Crippen molar-refractivity contribution in [1.82, 2.24) is 0 Å². The molecular weight excluding hydrogens is 204 g/mol. The topological polar surface area (TPSA) is 46.5 Å². The molecule has 1 atom stereocenters. The van der Waals surface area contributed by atoms with Crippen LogP contribution in [-0.2, 0) is 10.2 Å². The van der Waals surface area contributed by atoms with Gasteiger partial charge in [0.15, 0.2) is 0 Å². The van der Waals surface area contributed by atoms with E-state index >= 15 is 0 Å². The van der Waals surface area contributed by atoms with Crippen LogP contribution in [0.25, 0.3) is 0 Å². The molecule has 0 radical (unpaired) electrons. The summed E-state index contributed by atoms with van der Waals surface area (Å²) in [5.74, 6) is -0.365. The highest BCUT2D eigenvalue weighted by atomic mass is 16.5. The fraction of sp³-hybridized carbons (Fsp3) is 0.308. The van der Waals surface area contributed by atoms with Crippen molar-refractivity contribution < 1.29 is 14.6 Å². The zero-order valence-electron chi connectivity index (χ0n) is 9.56. The maximum Gasteiger partial charge on any atom is 0.337 e. The number of methoxy groups -OCH3 is 1. The van der Waals surface area contributed by atoms with Crippen LogP contribution in [0, 0.1) is 0 Å². The summed E-state index contributed by atoms with van der Waals surface area (Å²) in [5.41, 5.74) is 0.933. The van der Waals surface area contributed by atoms with Gasteiger partial charge in [-0.25, -0.2) is 4.79 Å². The summed E-state index contributed by atoms with van der Waals surface area (Å²) in [7, 11) is 1.35. The van der Waals surface area contributed by atoms with E-state index in [0.717, 1.165) is 5.56 Å². The first kappa shape index (κ1) is 12.5. The Morgan fingerprint density at radius 1 is 1.50 bits per heavy atom. The molecule has 3 heteroatoms. The summed E-state index contributed by atoms with van der Waals surface area (Å²) in [5, 5.41) is 9.30. The van der Waals surface area contributed by atoms with Gasteiger partial charge in [0.2, 0.25) is 0 Å². The molecule has 0 unspecified atom stereocenters. The van der Waals surface area contributed by atoms with E-state index in [9.17, 15) is 9.90 Å². The van der Waals surface area contributed by atoms with Crippen LogP contribution in [0.2, 0.25) is 0 Å². The highest BCUT2D eigenvalue weighted by Crippen LogP contribution is 2.24. The fourth-order valence-electron chi connectivity index (χ4n) is 1.38. The second kappa shape index (κ2) is 4.94. The molecule has 1 N–H and O–H groups in total. The fourth-order valence-corrected chi connectivity index (χ4v) is 1.38. The van der Waals surface area contributed by atoms with Gasteiger partial charge in [-0.15, -0.1) is 6.58 Å². The van der Waals surface area contributed by atoms with Gasteiger partial charge in [0.25, 0.3) is 0 Å². The van der Waals surface area contributed by atoms with Crippen LogP contribution in [-0.4, -0.2) is 24.8 Å². The van der Waals surface area contributed by atoms with Crippen LogP contribution in [0.1, 0.15) is 22.8 Å². The van der Waals surface area contributed by atoms with E-state index in [1.165, 1.54) is 7.11 Å². The average molecular weight is 220 g/mol. The van der Waals surface area contributed by atoms with Gasteiger partial charge in [0.05, 0.1) is 19.3 Å². The molecule has 0 aliphatic heterocycles. The highest BCUT2D eigenvalue weighted by molar-refractivity contribution is 5.89. The second-order valence-electron chi connectivity index (χ2n) is 3.85. The van der Waals surface area contributed by atoms with Gasteiger partial charge < -0.3 is 9.84 Å². The molecule has 1 aromatic rings. The minimum Gasteiger partial charge on any atom is -0.465 e. The molecule has 0 spiro atoms. The van der Waals surface area contributed by atoms with Crippen molar-refractivity contribution in [2.75, 3.05) is 13.7 Å². The Labute approximate surface area is 95.4 Å². The molecule has 0 saturated heterocycles. The third-order valence-electron chi connectivity index (χ3n) is 2.74. The van der Waals surface area contributed by atoms with Crippen molar-refractivity contribution in [3.63, 3.8) is 0 Å². The molecule has 0 saturated carbocycles. The SMILES string of the molecule is C=C[C@@](C)(CO)c1ccc(C(=O)OC)cc1. The van der Waals surface area contributed by atoms with Gasteiger partial charge in [0, 0.05) is 5.41 Å². The Balaban J connectivity index is 3.03. The number of hydrogen-bond donors (Lipinski definition) is 1. The van der Waals surface area contributed by atoms with E-state index in [2.05, 4.69) is 11.3 Å². The number of carbonyl (C=O) groups is 1. The lowest BCUT2D eigenvalue weighted by Crippen LogP contribution is -2.23. The van der Waals surface area contributed by atoms with Crippen molar-refractivity contribution in [3.05, 3.63) is 48.0 Å². The molecular formula is C13H16O3. The maximum absolute atomic E-state index is 11.2. The predicted octanol–water partition coefficient (Wildman–Crippen LogP) is 1.91. The Hall–Kier alpha value is -1.61. The molecule has 0 aliphatic carbocycles. The zero-order valence-corrected chi connectivity index (χ0v) is 9.56. The van der Waals surface area contributed by atoms with E-state index < -0.39 is 5.41 Å². The standard InChI is InChI=1S/C13H16O3/c1-4-13(2,9-14)11-7-5-10(6-8-11)12(15)16-3/h4-8,14H,1,9H2,2-3H3/t13-/m0/s1. The Morgan fingerprint density at radius 2 is 2.06 bits per heavy atom. The number of aliphatic hydroxyl groups excluding tert-OH is 1. The summed E-state index contributed by atoms with van der Waals surface area (Å²) in [4.78, 5) is 11.2. The first-order chi connectivity index (χ1) is 7.57. The number of rotatable bonds is 4. The van der Waals surface area contributed by atoms with E-state index in [1.807, 2.05) is 6.92 Å². The molecule has 0 bridgehead atoms. The van der Waals surface area contributed by atoms with Crippen molar-refractivity contribution in [3.8, 4) is 0 Å². The van der Waals surface area contributed by atoms with Gasteiger partial charge in [-0.3, -0.25) is 0 Å². The van der Waals surface area contributed by atoms with E-state index in [4.69, 9.17) is 0 Å². The third kappa shape index (κ3) is 2.31. The van der Waals surface area contributed by atoms with Crippen molar-refractivity contribution in [2.24, 2.45) is 0 Å². The summed E-state index contributed by atoms with van der Waals surface area (Å²) in [6.45, 7) is 5.56. The van der Waals surface area contributed by atoms with E-state index in [1.54, 1.807) is 30.3 Å². The first-order valence-electron chi connectivity index (χ1n) is 5.00. The summed E-state index contributed by atoms with van der Waals surface area (Å²) in [6, 6.07) is 6.95. The maximum atomic E-state index is 11.2. The molecule has 0 heterocycles. The molecule has 1 rings (SSSR count). The van der Waals surface area contributed by atoms with Gasteiger partial charge in [-0.05, 0) is 24.6 Å². The van der Waals surface area contributed by atoms with Crippen LogP contribution in [0.15, 0.2) is 36.9 Å². The van der Waals surface area contributed by atoms with Gasteiger partial charge in [-0.2, -0.15) is 0 Å².